The van der Waals surface area contributed by atoms with Crippen LogP contribution in [0.15, 0.2) is 70.5 Å². The number of hydrogen-bond donors (Lipinski definition) is 1. The smallest absolute Gasteiger partial charge is 0.206 e. The second-order valence-corrected chi connectivity index (χ2v) is 12.3. The van der Waals surface area contributed by atoms with E-state index in [4.69, 9.17) is 11.6 Å². The minimum atomic E-state index is -3.62. The second-order valence-electron chi connectivity index (χ2n) is 9.90. The molecule has 0 aliphatic heterocycles. The molecule has 0 amide bonds. The first-order valence-electron chi connectivity index (χ1n) is 10.2. The van der Waals surface area contributed by atoms with Crippen molar-refractivity contribution >= 4 is 21.4 Å². The maximum absolute atomic E-state index is 12.9. The van der Waals surface area contributed by atoms with Gasteiger partial charge in [0.25, 0.3) is 0 Å². The van der Waals surface area contributed by atoms with Gasteiger partial charge >= 0.3 is 0 Å². The van der Waals surface area contributed by atoms with E-state index in [2.05, 4.69) is 41.5 Å². The molecule has 0 saturated heterocycles. The van der Waals surface area contributed by atoms with Crippen molar-refractivity contribution in [1.29, 1.82) is 0 Å². The highest BCUT2D eigenvalue weighted by Crippen LogP contribution is 2.42. The number of rotatable bonds is 3. The molecule has 1 N–H and O–H groups in total. The Morgan fingerprint density at radius 1 is 0.677 bits per heavy atom. The Hall–Kier alpha value is -2.30. The molecule has 3 nitrogen and oxygen atoms in total. The van der Waals surface area contributed by atoms with Gasteiger partial charge in [0, 0.05) is 16.1 Å². The first kappa shape index (κ1) is 23.4. The fraction of sp³-hybridized carbons (Fsp3) is 0.308. The molecule has 0 atom stereocenters. The average molecular weight is 457 g/mol. The molecule has 164 valence electrons. The molecule has 0 aliphatic carbocycles. The SMILES string of the molecule is CC(C)(C)c1cc(-c2ccc(S(=O)(=O)c3ccc(Cl)cc3)cc2)cc(C(C)(C)C)c1O. The van der Waals surface area contributed by atoms with Crippen LogP contribution in [0, 0.1) is 0 Å². The highest BCUT2D eigenvalue weighted by molar-refractivity contribution is 7.91. The molecule has 0 bridgehead atoms. The summed E-state index contributed by atoms with van der Waals surface area (Å²) in [6, 6.07) is 17.0. The van der Waals surface area contributed by atoms with Crippen LogP contribution in [0.2, 0.25) is 5.02 Å². The zero-order valence-electron chi connectivity index (χ0n) is 18.8. The molecule has 3 aromatic carbocycles. The Morgan fingerprint density at radius 2 is 1.06 bits per heavy atom. The van der Waals surface area contributed by atoms with Gasteiger partial charge in [-0.3, -0.25) is 0 Å². The number of halogens is 1. The van der Waals surface area contributed by atoms with Crippen molar-refractivity contribution < 1.29 is 13.5 Å². The fourth-order valence-corrected chi connectivity index (χ4v) is 4.91. The molecule has 3 aromatic rings. The van der Waals surface area contributed by atoms with E-state index in [1.54, 1.807) is 24.3 Å². The van der Waals surface area contributed by atoms with Gasteiger partial charge in [0.2, 0.25) is 9.84 Å². The van der Waals surface area contributed by atoms with Gasteiger partial charge in [-0.05, 0) is 70.5 Å². The van der Waals surface area contributed by atoms with Gasteiger partial charge in [0.15, 0.2) is 0 Å². The zero-order valence-corrected chi connectivity index (χ0v) is 20.4. The Balaban J connectivity index is 2.09. The van der Waals surface area contributed by atoms with Crippen LogP contribution >= 0.6 is 11.6 Å². The van der Waals surface area contributed by atoms with E-state index in [1.165, 1.54) is 12.1 Å². The zero-order chi connectivity index (χ0) is 23.2. The summed E-state index contributed by atoms with van der Waals surface area (Å²) in [5, 5.41) is 11.4. The van der Waals surface area contributed by atoms with Crippen molar-refractivity contribution in [2.45, 2.75) is 62.2 Å². The molecular weight excluding hydrogens is 428 g/mol. The van der Waals surface area contributed by atoms with Gasteiger partial charge in [-0.1, -0.05) is 65.3 Å². The Bertz CT molecular complexity index is 1160. The third-order valence-electron chi connectivity index (χ3n) is 5.35. The molecule has 0 saturated carbocycles. The molecule has 0 aromatic heterocycles. The largest absolute Gasteiger partial charge is 0.507 e. The summed E-state index contributed by atoms with van der Waals surface area (Å²) in [6.45, 7) is 12.4. The average Bonchev–Trinajstić information content (AvgIpc) is 2.67. The molecule has 5 heteroatoms. The molecule has 0 spiro atoms. The monoisotopic (exact) mass is 456 g/mol. The summed E-state index contributed by atoms with van der Waals surface area (Å²) in [6.07, 6.45) is 0. The number of hydrogen-bond acceptors (Lipinski definition) is 3. The number of benzene rings is 3. The predicted octanol–water partition coefficient (Wildman–Crippen LogP) is 7.14. The van der Waals surface area contributed by atoms with Crippen molar-refractivity contribution in [2.75, 3.05) is 0 Å². The van der Waals surface area contributed by atoms with Gasteiger partial charge in [0.05, 0.1) is 9.79 Å². The van der Waals surface area contributed by atoms with E-state index < -0.39 is 9.84 Å². The van der Waals surface area contributed by atoms with E-state index >= 15 is 0 Å². The maximum atomic E-state index is 12.9. The summed E-state index contributed by atoms with van der Waals surface area (Å²) < 4.78 is 25.9. The normalized spacial score (nSPS) is 12.7. The maximum Gasteiger partial charge on any atom is 0.206 e. The second kappa shape index (κ2) is 7.99. The van der Waals surface area contributed by atoms with Crippen LogP contribution in [0.5, 0.6) is 5.75 Å². The minimum Gasteiger partial charge on any atom is -0.507 e. The lowest BCUT2D eigenvalue weighted by Gasteiger charge is -2.28. The molecule has 3 rings (SSSR count). The number of aromatic hydroxyl groups is 1. The summed E-state index contributed by atoms with van der Waals surface area (Å²) in [7, 11) is -3.62. The van der Waals surface area contributed by atoms with Crippen LogP contribution in [-0.4, -0.2) is 13.5 Å². The number of sulfone groups is 1. The Labute approximate surface area is 190 Å². The molecule has 31 heavy (non-hydrogen) atoms. The lowest BCUT2D eigenvalue weighted by molar-refractivity contribution is 0.423. The van der Waals surface area contributed by atoms with Crippen LogP contribution < -0.4 is 0 Å². The lowest BCUT2D eigenvalue weighted by Crippen LogP contribution is -2.17. The van der Waals surface area contributed by atoms with Gasteiger partial charge in [0.1, 0.15) is 5.75 Å². The van der Waals surface area contributed by atoms with Crippen molar-refractivity contribution in [2.24, 2.45) is 0 Å². The van der Waals surface area contributed by atoms with Crippen LogP contribution in [0.4, 0.5) is 0 Å². The molecule has 0 heterocycles. The van der Waals surface area contributed by atoms with E-state index in [1.807, 2.05) is 24.3 Å². The van der Waals surface area contributed by atoms with E-state index in [0.29, 0.717) is 10.8 Å². The lowest BCUT2D eigenvalue weighted by atomic mass is 9.78. The van der Waals surface area contributed by atoms with Gasteiger partial charge < -0.3 is 5.11 Å². The first-order valence-corrected chi connectivity index (χ1v) is 12.1. The predicted molar refractivity (Wildman–Crippen MR) is 128 cm³/mol. The minimum absolute atomic E-state index is 0.208. The quantitative estimate of drug-likeness (QED) is 0.455. The van der Waals surface area contributed by atoms with E-state index in [0.717, 1.165) is 22.3 Å². The summed E-state index contributed by atoms with van der Waals surface area (Å²) >= 11 is 5.88. The molecule has 0 unspecified atom stereocenters. The molecule has 0 radical (unpaired) electrons. The standard InChI is InChI=1S/C26H29ClO3S/c1-25(2,3)22-15-18(16-23(24(22)28)26(4,5)6)17-7-11-20(12-8-17)31(29,30)21-13-9-19(27)10-14-21/h7-16,28H,1-6H3. The van der Waals surface area contributed by atoms with Crippen LogP contribution in [0.25, 0.3) is 11.1 Å². The van der Waals surface area contributed by atoms with Crippen molar-refractivity contribution in [1.82, 2.24) is 0 Å². The summed E-state index contributed by atoms with van der Waals surface area (Å²) in [4.78, 5) is 0.434. The van der Waals surface area contributed by atoms with Crippen molar-refractivity contribution in [3.63, 3.8) is 0 Å². The molecule has 0 fully saturated rings. The summed E-state index contributed by atoms with van der Waals surface area (Å²) in [5.74, 6) is 0.325. The van der Waals surface area contributed by atoms with Gasteiger partial charge in [-0.2, -0.15) is 0 Å². The Morgan fingerprint density at radius 3 is 1.45 bits per heavy atom. The highest BCUT2D eigenvalue weighted by atomic mass is 35.5. The molecule has 0 aliphatic rings. The topological polar surface area (TPSA) is 54.4 Å². The third kappa shape index (κ3) is 4.81. The van der Waals surface area contributed by atoms with Crippen LogP contribution in [0.3, 0.4) is 0 Å². The van der Waals surface area contributed by atoms with Gasteiger partial charge in [-0.25, -0.2) is 8.42 Å². The number of phenols is 1. The van der Waals surface area contributed by atoms with E-state index in [9.17, 15) is 13.5 Å². The van der Waals surface area contributed by atoms with Gasteiger partial charge in [-0.15, -0.1) is 0 Å². The first-order chi connectivity index (χ1) is 14.2. The third-order valence-corrected chi connectivity index (χ3v) is 7.39. The highest BCUT2D eigenvalue weighted by Gasteiger charge is 2.27. The van der Waals surface area contributed by atoms with Crippen molar-refractivity contribution in [3.8, 4) is 16.9 Å². The number of phenolic OH excluding ortho intramolecular Hbond substituents is 1. The van der Waals surface area contributed by atoms with E-state index in [-0.39, 0.29) is 20.6 Å². The van der Waals surface area contributed by atoms with Crippen molar-refractivity contribution in [3.05, 3.63) is 76.8 Å². The van der Waals surface area contributed by atoms with Crippen LogP contribution in [-0.2, 0) is 20.7 Å². The summed E-state index contributed by atoms with van der Waals surface area (Å²) in [5.41, 5.74) is 3.10. The fourth-order valence-electron chi connectivity index (χ4n) is 3.52. The molecular formula is C26H29ClO3S. The Kier molecular flexibility index (Phi) is 6.03. The van der Waals surface area contributed by atoms with Crippen LogP contribution in [0.1, 0.15) is 52.7 Å².